The summed E-state index contributed by atoms with van der Waals surface area (Å²) in [6, 6.07) is 13.7. The lowest BCUT2D eigenvalue weighted by Crippen LogP contribution is -2.44. The Bertz CT molecular complexity index is 813. The zero-order chi connectivity index (χ0) is 18.9. The van der Waals surface area contributed by atoms with Crippen molar-refractivity contribution in [1.29, 1.82) is 0 Å². The van der Waals surface area contributed by atoms with E-state index in [-0.39, 0.29) is 17.6 Å². The van der Waals surface area contributed by atoms with E-state index in [0.717, 1.165) is 22.4 Å². The molecule has 0 bridgehead atoms. The minimum atomic E-state index is -0.573. The monoisotopic (exact) mass is 353 g/mol. The first-order valence-electron chi connectivity index (χ1n) is 9.07. The van der Waals surface area contributed by atoms with Crippen molar-refractivity contribution in [3.8, 4) is 11.5 Å². The Kier molecular flexibility index (Phi) is 4.94. The summed E-state index contributed by atoms with van der Waals surface area (Å²) >= 11 is 0. The van der Waals surface area contributed by atoms with Crippen LogP contribution in [0.4, 0.5) is 0 Å². The van der Waals surface area contributed by atoms with Crippen LogP contribution < -0.4 is 14.8 Å². The topological polar surface area (TPSA) is 47.6 Å². The van der Waals surface area contributed by atoms with Gasteiger partial charge in [-0.3, -0.25) is 4.79 Å². The number of carbonyl (C=O) groups is 1. The Morgan fingerprint density at radius 2 is 1.92 bits per heavy atom. The molecular formula is C22H27NO3. The molecule has 0 aromatic heterocycles. The van der Waals surface area contributed by atoms with E-state index in [2.05, 4.69) is 5.32 Å². The molecule has 1 aliphatic heterocycles. The molecule has 1 N–H and O–H groups in total. The number of nitrogens with one attached hydrogen (secondary N) is 1. The molecule has 2 aromatic carbocycles. The van der Waals surface area contributed by atoms with Crippen molar-refractivity contribution >= 4 is 5.91 Å². The van der Waals surface area contributed by atoms with Gasteiger partial charge in [0.25, 0.3) is 5.91 Å². The van der Waals surface area contributed by atoms with Crippen molar-refractivity contribution in [2.45, 2.75) is 58.8 Å². The highest BCUT2D eigenvalue weighted by Gasteiger charge is 2.35. The van der Waals surface area contributed by atoms with Crippen LogP contribution in [0.25, 0.3) is 0 Å². The van der Waals surface area contributed by atoms with Gasteiger partial charge in [-0.1, -0.05) is 24.3 Å². The first kappa shape index (κ1) is 18.3. The van der Waals surface area contributed by atoms with Gasteiger partial charge in [-0.2, -0.15) is 0 Å². The van der Waals surface area contributed by atoms with Crippen LogP contribution in [-0.4, -0.2) is 17.6 Å². The first-order chi connectivity index (χ1) is 12.2. The lowest BCUT2D eigenvalue weighted by Gasteiger charge is -2.38. The smallest absolute Gasteiger partial charge is 0.261 e. The normalized spacial score (nSPS) is 19.0. The number of hydrogen-bond donors (Lipinski definition) is 1. The molecule has 3 rings (SSSR count). The fourth-order valence-electron chi connectivity index (χ4n) is 3.32. The van der Waals surface area contributed by atoms with E-state index < -0.39 is 6.10 Å². The van der Waals surface area contributed by atoms with Gasteiger partial charge >= 0.3 is 0 Å². The average Bonchev–Trinajstić information content (AvgIpc) is 2.53. The van der Waals surface area contributed by atoms with Crippen molar-refractivity contribution in [3.05, 3.63) is 59.2 Å². The van der Waals surface area contributed by atoms with Gasteiger partial charge < -0.3 is 14.8 Å². The predicted molar refractivity (Wildman–Crippen MR) is 103 cm³/mol. The largest absolute Gasteiger partial charge is 0.487 e. The van der Waals surface area contributed by atoms with Crippen LogP contribution >= 0.6 is 0 Å². The molecular weight excluding hydrogens is 326 g/mol. The maximum Gasteiger partial charge on any atom is 0.261 e. The summed E-state index contributed by atoms with van der Waals surface area (Å²) in [5, 5.41) is 3.14. The number of amides is 1. The summed E-state index contributed by atoms with van der Waals surface area (Å²) in [6.45, 7) is 9.91. The van der Waals surface area contributed by atoms with Crippen LogP contribution in [0.15, 0.2) is 42.5 Å². The highest BCUT2D eigenvalue weighted by atomic mass is 16.5. The summed E-state index contributed by atoms with van der Waals surface area (Å²) in [5.41, 5.74) is 2.93. The molecule has 0 fully saturated rings. The summed E-state index contributed by atoms with van der Waals surface area (Å²) < 4.78 is 11.9. The molecule has 26 heavy (non-hydrogen) atoms. The molecule has 0 spiro atoms. The van der Waals surface area contributed by atoms with Crippen LogP contribution in [-0.2, 0) is 4.79 Å². The Morgan fingerprint density at radius 3 is 2.65 bits per heavy atom. The molecule has 1 aliphatic rings. The van der Waals surface area contributed by atoms with E-state index >= 15 is 0 Å². The molecule has 1 heterocycles. The van der Waals surface area contributed by atoms with E-state index in [1.165, 1.54) is 0 Å². The van der Waals surface area contributed by atoms with Gasteiger partial charge in [-0.05, 0) is 63.9 Å². The minimum Gasteiger partial charge on any atom is -0.487 e. The molecule has 0 unspecified atom stereocenters. The lowest BCUT2D eigenvalue weighted by atomic mass is 9.89. The van der Waals surface area contributed by atoms with Gasteiger partial charge in [0, 0.05) is 12.0 Å². The molecule has 2 aromatic rings. The molecule has 0 aliphatic carbocycles. The second kappa shape index (κ2) is 7.02. The van der Waals surface area contributed by atoms with Crippen LogP contribution in [0.1, 0.15) is 49.9 Å². The third-order valence-electron chi connectivity index (χ3n) is 4.61. The zero-order valence-electron chi connectivity index (χ0n) is 16.1. The van der Waals surface area contributed by atoms with Gasteiger partial charge in [0.15, 0.2) is 6.10 Å². The first-order valence-corrected chi connectivity index (χ1v) is 9.07. The number of ether oxygens (including phenoxy) is 2. The molecule has 4 nitrogen and oxygen atoms in total. The maximum absolute atomic E-state index is 12.7. The fraction of sp³-hybridized carbons (Fsp3) is 0.409. The van der Waals surface area contributed by atoms with Gasteiger partial charge in [-0.25, -0.2) is 0 Å². The number of hydrogen-bond acceptors (Lipinski definition) is 3. The van der Waals surface area contributed by atoms with Crippen molar-refractivity contribution in [2.24, 2.45) is 0 Å². The molecule has 0 saturated carbocycles. The van der Waals surface area contributed by atoms with Crippen LogP contribution in [0.5, 0.6) is 11.5 Å². The van der Waals surface area contributed by atoms with Crippen LogP contribution in [0, 0.1) is 13.8 Å². The quantitative estimate of drug-likeness (QED) is 0.881. The molecule has 138 valence electrons. The third-order valence-corrected chi connectivity index (χ3v) is 4.61. The van der Waals surface area contributed by atoms with E-state index in [4.69, 9.17) is 9.47 Å². The lowest BCUT2D eigenvalue weighted by molar-refractivity contribution is -0.128. The Balaban J connectivity index is 1.74. The van der Waals surface area contributed by atoms with Gasteiger partial charge in [0.05, 0.1) is 6.04 Å². The predicted octanol–water partition coefficient (Wildman–Crippen LogP) is 4.49. The summed E-state index contributed by atoms with van der Waals surface area (Å²) in [5.74, 6) is 1.43. The number of fused-ring (bicyclic) bond motifs is 1. The highest BCUT2D eigenvalue weighted by molar-refractivity contribution is 5.81. The minimum absolute atomic E-state index is 0.0922. The van der Waals surface area contributed by atoms with Crippen LogP contribution in [0.3, 0.4) is 0 Å². The average molecular weight is 353 g/mol. The zero-order valence-corrected chi connectivity index (χ0v) is 16.1. The van der Waals surface area contributed by atoms with Gasteiger partial charge in [-0.15, -0.1) is 0 Å². The fourth-order valence-corrected chi connectivity index (χ4v) is 3.32. The summed E-state index contributed by atoms with van der Waals surface area (Å²) in [4.78, 5) is 12.7. The van der Waals surface area contributed by atoms with E-state index in [1.54, 1.807) is 6.92 Å². The van der Waals surface area contributed by atoms with E-state index in [0.29, 0.717) is 12.2 Å². The van der Waals surface area contributed by atoms with Crippen molar-refractivity contribution < 1.29 is 14.3 Å². The van der Waals surface area contributed by atoms with Crippen molar-refractivity contribution in [3.63, 3.8) is 0 Å². The Morgan fingerprint density at radius 1 is 1.19 bits per heavy atom. The van der Waals surface area contributed by atoms with Gasteiger partial charge in [0.2, 0.25) is 0 Å². The second-order valence-electron chi connectivity index (χ2n) is 7.74. The van der Waals surface area contributed by atoms with Crippen molar-refractivity contribution in [1.82, 2.24) is 5.32 Å². The highest BCUT2D eigenvalue weighted by Crippen LogP contribution is 2.39. The molecule has 2 atom stereocenters. The molecule has 0 radical (unpaired) electrons. The standard InChI is InChI=1S/C22H27NO3/c1-14-7-6-8-17(11-14)25-16(3)21(24)23-19-13-22(4,5)26-20-12-15(2)9-10-18(19)20/h6-12,16,19H,13H2,1-5H3,(H,23,24)/t16-,19-/m1/s1. The number of rotatable bonds is 4. The third kappa shape index (κ3) is 4.18. The Hall–Kier alpha value is -2.49. The van der Waals surface area contributed by atoms with E-state index in [9.17, 15) is 4.79 Å². The summed E-state index contributed by atoms with van der Waals surface area (Å²) in [6.07, 6.45) is 0.142. The summed E-state index contributed by atoms with van der Waals surface area (Å²) in [7, 11) is 0. The molecule has 4 heteroatoms. The van der Waals surface area contributed by atoms with Crippen LogP contribution in [0.2, 0.25) is 0 Å². The van der Waals surface area contributed by atoms with Gasteiger partial charge in [0.1, 0.15) is 17.1 Å². The molecule has 0 saturated heterocycles. The Labute approximate surface area is 155 Å². The SMILES string of the molecule is Cc1cccc(O[C@H](C)C(=O)N[C@@H]2CC(C)(C)Oc3cc(C)ccc32)c1. The maximum atomic E-state index is 12.7. The number of carbonyl (C=O) groups excluding carboxylic acids is 1. The number of benzene rings is 2. The van der Waals surface area contributed by atoms with E-state index in [1.807, 2.05) is 70.2 Å². The second-order valence-corrected chi connectivity index (χ2v) is 7.74. The van der Waals surface area contributed by atoms with Crippen molar-refractivity contribution in [2.75, 3.05) is 0 Å². The molecule has 1 amide bonds. The number of aryl methyl sites for hydroxylation is 2.